The molecule has 1 heterocycles. The van der Waals surface area contributed by atoms with Crippen LogP contribution in [-0.2, 0) is 19.6 Å². The van der Waals surface area contributed by atoms with E-state index < -0.39 is 15.4 Å². The fourth-order valence-corrected chi connectivity index (χ4v) is 5.83. The average molecular weight is 479 g/mol. The Bertz CT molecular complexity index is 1190. The minimum atomic E-state index is -4.02. The molecule has 170 valence electrons. The van der Waals surface area contributed by atoms with Gasteiger partial charge < -0.3 is 9.47 Å². The highest BCUT2D eigenvalue weighted by Gasteiger charge is 2.53. The quantitative estimate of drug-likeness (QED) is 0.630. The second kappa shape index (κ2) is 8.29. The van der Waals surface area contributed by atoms with E-state index in [1.54, 1.807) is 12.1 Å². The minimum Gasteiger partial charge on any atom is -0.497 e. The molecule has 10 heteroatoms. The molecule has 4 rings (SSSR count). The van der Waals surface area contributed by atoms with Gasteiger partial charge in [0.1, 0.15) is 11.5 Å². The largest absolute Gasteiger partial charge is 0.497 e. The van der Waals surface area contributed by atoms with Gasteiger partial charge >= 0.3 is 0 Å². The lowest BCUT2D eigenvalue weighted by molar-refractivity contribution is -0.125. The Labute approximate surface area is 191 Å². The maximum Gasteiger partial charge on any atom is 0.262 e. The number of nitrogens with one attached hydrogen (secondary N) is 1. The fourth-order valence-electron chi connectivity index (χ4n) is 4.40. The van der Waals surface area contributed by atoms with Crippen molar-refractivity contribution in [2.24, 2.45) is 5.41 Å². The summed E-state index contributed by atoms with van der Waals surface area (Å²) in [5.41, 5.74) is -0.217. The lowest BCUT2D eigenvalue weighted by atomic mass is 9.84. The molecule has 1 saturated carbocycles. The standard InChI is InChI=1S/C22H23ClN2O6S/c1-30-14-5-7-17(19(11-14)31-2)24-32(28,29)15-6-8-18(16(23)12-15)25-20(26)13-22(21(25)27)9-3-4-10-22/h5-8,11-12,24H,3-4,9-10,13H2,1-2H3. The molecule has 0 aromatic heterocycles. The van der Waals surface area contributed by atoms with Gasteiger partial charge in [-0.05, 0) is 43.2 Å². The summed E-state index contributed by atoms with van der Waals surface area (Å²) in [6.45, 7) is 0. The summed E-state index contributed by atoms with van der Waals surface area (Å²) in [4.78, 5) is 26.7. The summed E-state index contributed by atoms with van der Waals surface area (Å²) in [5, 5.41) is 0.00585. The van der Waals surface area contributed by atoms with Crippen molar-refractivity contribution in [2.75, 3.05) is 23.8 Å². The van der Waals surface area contributed by atoms with Crippen LogP contribution in [0, 0.1) is 5.41 Å². The molecule has 0 atom stereocenters. The van der Waals surface area contributed by atoms with E-state index >= 15 is 0 Å². The van der Waals surface area contributed by atoms with E-state index in [0.717, 1.165) is 17.7 Å². The third-order valence-corrected chi connectivity index (χ3v) is 7.75. The number of ether oxygens (including phenoxy) is 2. The third-order valence-electron chi connectivity index (χ3n) is 6.08. The van der Waals surface area contributed by atoms with Crippen LogP contribution in [0.5, 0.6) is 11.5 Å². The van der Waals surface area contributed by atoms with Gasteiger partial charge in [-0.25, -0.2) is 13.3 Å². The van der Waals surface area contributed by atoms with Crippen molar-refractivity contribution in [3.63, 3.8) is 0 Å². The predicted molar refractivity (Wildman–Crippen MR) is 120 cm³/mol. The van der Waals surface area contributed by atoms with Gasteiger partial charge in [0.15, 0.2) is 0 Å². The molecule has 1 spiro atoms. The lowest BCUT2D eigenvalue weighted by Gasteiger charge is -2.22. The van der Waals surface area contributed by atoms with Crippen LogP contribution < -0.4 is 19.1 Å². The van der Waals surface area contributed by atoms with Crippen molar-refractivity contribution in [1.29, 1.82) is 0 Å². The van der Waals surface area contributed by atoms with Gasteiger partial charge in [-0.15, -0.1) is 0 Å². The normalized spacial score (nSPS) is 17.8. The van der Waals surface area contributed by atoms with Crippen molar-refractivity contribution in [3.8, 4) is 11.5 Å². The van der Waals surface area contributed by atoms with Crippen molar-refractivity contribution in [2.45, 2.75) is 37.0 Å². The molecular weight excluding hydrogens is 456 g/mol. The van der Waals surface area contributed by atoms with Gasteiger partial charge in [-0.3, -0.25) is 14.3 Å². The van der Waals surface area contributed by atoms with Gasteiger partial charge in [0.2, 0.25) is 11.8 Å². The molecule has 2 fully saturated rings. The summed E-state index contributed by atoms with van der Waals surface area (Å²) in [6, 6.07) is 8.62. The zero-order valence-corrected chi connectivity index (χ0v) is 19.3. The van der Waals surface area contributed by atoms with Gasteiger partial charge in [-0.1, -0.05) is 24.4 Å². The first kappa shape index (κ1) is 22.4. The van der Waals surface area contributed by atoms with E-state index in [4.69, 9.17) is 21.1 Å². The summed E-state index contributed by atoms with van der Waals surface area (Å²) in [6.07, 6.45) is 3.37. The lowest BCUT2D eigenvalue weighted by Crippen LogP contribution is -2.34. The third kappa shape index (κ3) is 3.80. The first-order chi connectivity index (χ1) is 15.2. The number of methoxy groups -OCH3 is 2. The summed E-state index contributed by atoms with van der Waals surface area (Å²) < 4.78 is 38.7. The van der Waals surface area contributed by atoms with E-state index in [2.05, 4.69) is 4.72 Å². The molecule has 2 aliphatic rings. The maximum atomic E-state index is 13.0. The number of halogens is 1. The zero-order chi connectivity index (χ0) is 23.1. The molecule has 2 amide bonds. The van der Waals surface area contributed by atoms with Crippen LogP contribution in [0.1, 0.15) is 32.1 Å². The van der Waals surface area contributed by atoms with E-state index in [1.165, 1.54) is 38.5 Å². The van der Waals surface area contributed by atoms with Gasteiger partial charge in [0.25, 0.3) is 10.0 Å². The average Bonchev–Trinajstić information content (AvgIpc) is 3.33. The summed E-state index contributed by atoms with van der Waals surface area (Å²) >= 11 is 6.36. The van der Waals surface area contributed by atoms with E-state index in [1.807, 2.05) is 0 Å². The first-order valence-corrected chi connectivity index (χ1v) is 12.0. The van der Waals surface area contributed by atoms with Crippen LogP contribution in [0.4, 0.5) is 11.4 Å². The minimum absolute atomic E-state index is 0.00585. The Morgan fingerprint density at radius 1 is 1.03 bits per heavy atom. The smallest absolute Gasteiger partial charge is 0.262 e. The molecule has 2 aromatic carbocycles. The number of carbonyl (C=O) groups is 2. The number of amides is 2. The number of hydrogen-bond donors (Lipinski definition) is 1. The van der Waals surface area contributed by atoms with Crippen molar-refractivity contribution >= 4 is 44.8 Å². The number of sulfonamides is 1. The number of hydrogen-bond acceptors (Lipinski definition) is 6. The van der Waals surface area contributed by atoms with Gasteiger partial charge in [0.05, 0.1) is 40.9 Å². The predicted octanol–water partition coefficient (Wildman–Crippen LogP) is 3.98. The second-order valence-electron chi connectivity index (χ2n) is 7.98. The van der Waals surface area contributed by atoms with Crippen LogP contribution >= 0.6 is 11.6 Å². The highest BCUT2D eigenvalue weighted by Crippen LogP contribution is 2.49. The number of imide groups is 1. The highest BCUT2D eigenvalue weighted by atomic mass is 35.5. The molecule has 0 unspecified atom stereocenters. The monoisotopic (exact) mass is 478 g/mol. The Morgan fingerprint density at radius 3 is 2.38 bits per heavy atom. The van der Waals surface area contributed by atoms with E-state index in [9.17, 15) is 18.0 Å². The number of rotatable bonds is 6. The zero-order valence-electron chi connectivity index (χ0n) is 17.7. The molecule has 32 heavy (non-hydrogen) atoms. The van der Waals surface area contributed by atoms with Crippen molar-refractivity contribution in [1.82, 2.24) is 0 Å². The molecule has 8 nitrogen and oxygen atoms in total. The van der Waals surface area contributed by atoms with Gasteiger partial charge in [-0.2, -0.15) is 0 Å². The van der Waals surface area contributed by atoms with Crippen LogP contribution in [0.2, 0.25) is 5.02 Å². The number of nitrogens with zero attached hydrogens (tertiary/aromatic N) is 1. The molecular formula is C22H23ClN2O6S. The van der Waals surface area contributed by atoms with Crippen molar-refractivity contribution < 1.29 is 27.5 Å². The van der Waals surface area contributed by atoms with Crippen LogP contribution in [0.3, 0.4) is 0 Å². The number of benzene rings is 2. The van der Waals surface area contributed by atoms with Crippen molar-refractivity contribution in [3.05, 3.63) is 41.4 Å². The molecule has 2 aromatic rings. The number of anilines is 2. The van der Waals surface area contributed by atoms with Crippen LogP contribution in [0.25, 0.3) is 0 Å². The summed E-state index contributed by atoms with van der Waals surface area (Å²) in [5.74, 6) is 0.233. The molecule has 1 aliphatic heterocycles. The SMILES string of the molecule is COc1ccc(NS(=O)(=O)c2ccc(N3C(=O)CC4(CCCC4)C3=O)c(Cl)c2)c(OC)c1. The molecule has 0 radical (unpaired) electrons. The highest BCUT2D eigenvalue weighted by molar-refractivity contribution is 7.92. The van der Waals surface area contributed by atoms with E-state index in [0.29, 0.717) is 18.6 Å². The van der Waals surface area contributed by atoms with Crippen LogP contribution in [0.15, 0.2) is 41.3 Å². The molecule has 1 N–H and O–H groups in total. The fraction of sp³-hybridized carbons (Fsp3) is 0.364. The first-order valence-electron chi connectivity index (χ1n) is 10.1. The second-order valence-corrected chi connectivity index (χ2v) is 10.1. The Hall–Kier alpha value is -2.78. The molecule has 0 bridgehead atoms. The van der Waals surface area contributed by atoms with E-state index in [-0.39, 0.29) is 45.3 Å². The number of carbonyl (C=O) groups excluding carboxylic acids is 2. The Morgan fingerprint density at radius 2 is 1.75 bits per heavy atom. The Balaban J connectivity index is 1.62. The molecule has 1 aliphatic carbocycles. The molecule has 1 saturated heterocycles. The Kier molecular flexibility index (Phi) is 5.81. The topological polar surface area (TPSA) is 102 Å². The summed E-state index contributed by atoms with van der Waals surface area (Å²) in [7, 11) is -1.11. The van der Waals surface area contributed by atoms with Gasteiger partial charge in [0, 0.05) is 12.5 Å². The van der Waals surface area contributed by atoms with Crippen LogP contribution in [-0.4, -0.2) is 34.5 Å². The maximum absolute atomic E-state index is 13.0.